The number of hydrogen-bond acceptors (Lipinski definition) is 25. The van der Waals surface area contributed by atoms with E-state index in [4.69, 9.17) is 43.2 Å². The molecule has 6 amide bonds. The van der Waals surface area contributed by atoms with Crippen molar-refractivity contribution in [2.45, 2.75) is 160 Å². The summed E-state index contributed by atoms with van der Waals surface area (Å²) in [5, 5.41) is 65.4. The zero-order chi connectivity index (χ0) is 79.3. The number of imide groups is 1. The van der Waals surface area contributed by atoms with Gasteiger partial charge in [0.25, 0.3) is 27.8 Å². The number of carboxylic acid groups (broad SMARTS) is 2. The summed E-state index contributed by atoms with van der Waals surface area (Å²) in [4.78, 5) is 117. The Labute approximate surface area is 643 Å². The minimum atomic E-state index is -4.79. The number of aliphatic hydroxyl groups excluding tert-OH is 3. The highest BCUT2D eigenvalue weighted by Gasteiger charge is 2.66. The molecule has 3 aliphatic heterocycles. The highest BCUT2D eigenvalue weighted by Crippen LogP contribution is 2.72. The first-order chi connectivity index (χ1) is 52.9. The molecule has 8 atom stereocenters. The molecule has 0 radical (unpaired) electrons. The number of carbonyl (C=O) groups is 8. The van der Waals surface area contributed by atoms with Gasteiger partial charge in [0.2, 0.25) is 18.1 Å². The van der Waals surface area contributed by atoms with Gasteiger partial charge in [0.15, 0.2) is 16.9 Å². The van der Waals surface area contributed by atoms with E-state index < -0.39 is 106 Å². The van der Waals surface area contributed by atoms with Gasteiger partial charge in [-0.2, -0.15) is 13.5 Å². The van der Waals surface area contributed by atoms with Crippen molar-refractivity contribution in [1.82, 2.24) is 40.2 Å². The fraction of sp³-hybridized carbons (Fsp3) is 0.513. The monoisotopic (exact) mass is 1580 g/mol. The average molecular weight is 1580 g/mol. The van der Waals surface area contributed by atoms with Crippen molar-refractivity contribution in [1.29, 1.82) is 0 Å². The van der Waals surface area contributed by atoms with Gasteiger partial charge < -0.3 is 79.1 Å². The minimum Gasteiger partial charge on any atom is -0.496 e. The number of para-hydroxylation sites is 1. The SMILES string of the molecule is COCCN(CCOC12CC3(C)CC(C)(CC(Cn4ncc(-c5ccc(N6CCc7c(OC)ccc(C(=O)Nc8nc9ccccc9s8)c7C6)nc5C(=O)O)c4C)(C3)C1)C2)C(=O)OCc1ccc(O[C@@H]2O[C@H](C(=O)O)[C@@H](O)[C@H](O)[C@H]2O)cc1OCCCNC(=O)C(CS(=O)(=O)O)NC(=O)CCCCCN1C(=O)C=CC1=O. The van der Waals surface area contributed by atoms with Crippen LogP contribution in [-0.4, -0.2) is 230 Å². The van der Waals surface area contributed by atoms with Crippen molar-refractivity contribution in [2.24, 2.45) is 16.2 Å². The Morgan fingerprint density at radius 3 is 2.27 bits per heavy atom. The van der Waals surface area contributed by atoms with Crippen molar-refractivity contribution < 1.29 is 110 Å². The third-order valence-electron chi connectivity index (χ3n) is 21.4. The third kappa shape index (κ3) is 18.8. The van der Waals surface area contributed by atoms with Crippen molar-refractivity contribution in [3.8, 4) is 28.4 Å². The number of anilines is 2. The van der Waals surface area contributed by atoms with Crippen LogP contribution in [0.1, 0.15) is 128 Å². The number of nitrogens with zero attached hydrogens (tertiary/aromatic N) is 7. The summed E-state index contributed by atoms with van der Waals surface area (Å²) in [6.07, 6.45) is 0.0559. The number of benzene rings is 3. The summed E-state index contributed by atoms with van der Waals surface area (Å²) in [6, 6.07) is 17.1. The number of pyridine rings is 1. The van der Waals surface area contributed by atoms with E-state index in [0.717, 1.165) is 76.2 Å². The number of ether oxygens (including phenoxy) is 7. The standard InChI is InChI=1S/C76H92N10O23S2/c1-44-50(48-18-20-57(81-61(48)68(95)96)84-26-23-47-51(34-84)49(17-19-54(47)104-5)66(93)82-71-80-52-12-8-9-13-56(52)110-71)33-78-86(44)43-75-38-73(2)37-74(3,39-75)41-76(40-73,42-75)107-31-28-83(27-30-103-4)72(99)106-35-45-15-16-46(108-70-64(92)62(90)63(91)65(109-70)69(97)98)32-55(45)105-29-11-24-77-67(94)53(36-111(100,101)102)79-58(87)14-7-6-10-25-85-59(88)21-22-60(85)89/h8-9,12-13,15-22,32-33,53,62-65,70,90-92H,6-7,10-11,14,23-31,34-43H2,1-5H3,(H,77,94)(H,79,87)(H,95,96)(H,97,98)(H,80,82,93)(H,100,101,102)/t53?,62-,63-,64+,65-,70+,73?,74?,75?,76?/m0/s1. The molecular weight excluding hydrogens is 1490 g/mol. The Hall–Kier alpha value is -9.72. The molecular formula is C76H92N10O23S2. The predicted molar refractivity (Wildman–Crippen MR) is 398 cm³/mol. The minimum absolute atomic E-state index is 0.0189. The lowest BCUT2D eigenvalue weighted by molar-refractivity contribution is -0.271. The second kappa shape index (κ2) is 33.7. The molecule has 13 rings (SSSR count). The highest BCUT2D eigenvalue weighted by molar-refractivity contribution is 7.85. The molecule has 6 heterocycles. The van der Waals surface area contributed by atoms with Gasteiger partial charge in [0, 0.05) is 111 Å². The van der Waals surface area contributed by atoms with Crippen LogP contribution < -0.4 is 35.1 Å². The summed E-state index contributed by atoms with van der Waals surface area (Å²) in [5.74, 6) is -5.87. The summed E-state index contributed by atoms with van der Waals surface area (Å²) >= 11 is 1.38. The maximum absolute atomic E-state index is 14.3. The maximum atomic E-state index is 14.3. The van der Waals surface area contributed by atoms with Crippen LogP contribution in [0.3, 0.4) is 0 Å². The number of carboxylic acids is 2. The Morgan fingerprint density at radius 1 is 0.811 bits per heavy atom. The van der Waals surface area contributed by atoms with Gasteiger partial charge in [-0.05, 0) is 141 Å². The Bertz CT molecular complexity index is 4610. The number of methoxy groups -OCH3 is 2. The van der Waals surface area contributed by atoms with E-state index in [9.17, 15) is 76.9 Å². The second-order valence-corrected chi connectivity index (χ2v) is 32.8. The van der Waals surface area contributed by atoms with Crippen molar-refractivity contribution >= 4 is 90.2 Å². The number of hydrogen-bond donors (Lipinski definition) is 9. The highest BCUT2D eigenvalue weighted by atomic mass is 32.2. The normalized spacial score (nSPS) is 24.1. The van der Waals surface area contributed by atoms with Crippen molar-refractivity contribution in [3.63, 3.8) is 0 Å². The summed E-state index contributed by atoms with van der Waals surface area (Å²) in [7, 11) is -1.71. The number of fused-ring (bicyclic) bond motifs is 2. The Morgan fingerprint density at radius 2 is 1.56 bits per heavy atom. The fourth-order valence-corrected chi connectivity index (χ4v) is 19.1. The summed E-state index contributed by atoms with van der Waals surface area (Å²) in [5.41, 5.74) is 3.66. The van der Waals surface area contributed by atoms with E-state index >= 15 is 0 Å². The lowest BCUT2D eigenvalue weighted by atomic mass is 9.39. The molecule has 33 nitrogen and oxygen atoms in total. The van der Waals surface area contributed by atoms with Crippen LogP contribution in [0.15, 0.2) is 85.1 Å². The van der Waals surface area contributed by atoms with Crippen LogP contribution in [0, 0.1) is 23.2 Å². The molecule has 5 fully saturated rings. The lowest BCUT2D eigenvalue weighted by Gasteiger charge is -2.69. The van der Waals surface area contributed by atoms with E-state index in [1.54, 1.807) is 37.6 Å². The van der Waals surface area contributed by atoms with Crippen molar-refractivity contribution in [3.05, 3.63) is 119 Å². The van der Waals surface area contributed by atoms with E-state index in [-0.39, 0.29) is 117 Å². The molecule has 111 heavy (non-hydrogen) atoms. The predicted octanol–water partition coefficient (Wildman–Crippen LogP) is 5.82. The molecule has 3 unspecified atom stereocenters. The van der Waals surface area contributed by atoms with Gasteiger partial charge in [-0.15, -0.1) is 0 Å². The first-order valence-corrected chi connectivity index (χ1v) is 39.1. The zero-order valence-corrected chi connectivity index (χ0v) is 63.7. The van der Waals surface area contributed by atoms with Crippen LogP contribution in [-0.2, 0) is 79.2 Å². The zero-order valence-electron chi connectivity index (χ0n) is 62.1. The van der Waals surface area contributed by atoms with Gasteiger partial charge >= 0.3 is 18.0 Å². The Kier molecular flexibility index (Phi) is 24.5. The Balaban J connectivity index is 0.687. The molecule has 0 spiro atoms. The topological polar surface area (TPSA) is 446 Å². The number of amides is 6. The number of carbonyl (C=O) groups excluding carboxylic acids is 6. The van der Waals surface area contributed by atoms with Crippen LogP contribution >= 0.6 is 11.3 Å². The quantitative estimate of drug-likeness (QED) is 0.0128. The molecule has 35 heteroatoms. The van der Waals surface area contributed by atoms with E-state index in [0.29, 0.717) is 72.2 Å². The molecule has 1 saturated heterocycles. The number of aromatic carboxylic acids is 1. The molecule has 4 aliphatic carbocycles. The van der Waals surface area contributed by atoms with Gasteiger partial charge in [0.05, 0.1) is 48.9 Å². The van der Waals surface area contributed by atoms with Crippen LogP contribution in [0.4, 0.5) is 15.7 Å². The van der Waals surface area contributed by atoms with Gasteiger partial charge in [0.1, 0.15) is 59.8 Å². The summed E-state index contributed by atoms with van der Waals surface area (Å²) < 4.78 is 78.0. The van der Waals surface area contributed by atoms with Crippen LogP contribution in [0.25, 0.3) is 21.3 Å². The van der Waals surface area contributed by atoms with Gasteiger partial charge in [-0.25, -0.2) is 24.4 Å². The van der Waals surface area contributed by atoms with Crippen LogP contribution in [0.2, 0.25) is 0 Å². The maximum Gasteiger partial charge on any atom is 0.410 e. The third-order valence-corrected chi connectivity index (χ3v) is 23.1. The number of aliphatic hydroxyl groups is 3. The number of thiazole rings is 1. The molecule has 4 bridgehead atoms. The molecule has 4 saturated carbocycles. The second-order valence-electron chi connectivity index (χ2n) is 30.3. The fourth-order valence-electron chi connectivity index (χ4n) is 17.6. The molecule has 596 valence electrons. The van der Waals surface area contributed by atoms with Crippen molar-refractivity contribution in [2.75, 3.05) is 82.7 Å². The molecule has 7 aliphatic rings. The van der Waals surface area contributed by atoms with Gasteiger partial charge in [-0.3, -0.25) is 43.4 Å². The van der Waals surface area contributed by atoms with E-state index in [2.05, 4.69) is 34.8 Å². The number of nitrogens with one attached hydrogen (secondary N) is 3. The number of aliphatic carboxylic acids is 1. The van der Waals surface area contributed by atoms with Gasteiger partial charge in [-0.1, -0.05) is 43.7 Å². The number of aromatic nitrogens is 4. The van der Waals surface area contributed by atoms with E-state index in [1.807, 2.05) is 40.8 Å². The largest absolute Gasteiger partial charge is 0.496 e. The number of rotatable bonds is 35. The summed E-state index contributed by atoms with van der Waals surface area (Å²) in [6.45, 7) is 7.66. The smallest absolute Gasteiger partial charge is 0.410 e. The molecule has 9 N–H and O–H groups in total. The lowest BCUT2D eigenvalue weighted by Crippen LogP contribution is -2.64. The molecule has 3 aromatic carbocycles. The van der Waals surface area contributed by atoms with Crippen LogP contribution in [0.5, 0.6) is 17.2 Å². The molecule has 3 aromatic heterocycles. The first kappa shape index (κ1) is 80.8. The van der Waals surface area contributed by atoms with E-state index in [1.165, 1.54) is 41.5 Å². The molecule has 6 aromatic rings. The average Bonchev–Trinajstić information content (AvgIpc) is 1.66. The first-order valence-electron chi connectivity index (χ1n) is 36.7. The number of unbranched alkanes of at least 4 members (excludes halogenated alkanes) is 2.